The van der Waals surface area contributed by atoms with Gasteiger partial charge in [-0.15, -0.1) is 0 Å². The molecule has 4 rings (SSSR count). The minimum absolute atomic E-state index is 0.236. The van der Waals surface area contributed by atoms with Crippen molar-refractivity contribution < 1.29 is 9.59 Å². The number of halogens is 1. The fourth-order valence-corrected chi connectivity index (χ4v) is 4.05. The van der Waals surface area contributed by atoms with Crippen LogP contribution < -0.4 is 15.1 Å². The lowest BCUT2D eigenvalue weighted by Crippen LogP contribution is -2.32. The van der Waals surface area contributed by atoms with Crippen molar-refractivity contribution in [3.63, 3.8) is 0 Å². The first-order valence-electron chi connectivity index (χ1n) is 10.3. The predicted octanol–water partition coefficient (Wildman–Crippen LogP) is 5.42. The highest BCUT2D eigenvalue weighted by Gasteiger charge is 2.41. The number of anilines is 3. The maximum absolute atomic E-state index is 13.6. The molecule has 3 aromatic rings. The van der Waals surface area contributed by atoms with Crippen molar-refractivity contribution in [2.45, 2.75) is 13.8 Å². The molecule has 5 nitrogen and oxygen atoms in total. The van der Waals surface area contributed by atoms with Crippen molar-refractivity contribution in [3.8, 4) is 0 Å². The number of nitrogens with one attached hydrogen (secondary N) is 1. The number of amides is 2. The van der Waals surface area contributed by atoms with Crippen LogP contribution in [0.3, 0.4) is 0 Å². The van der Waals surface area contributed by atoms with E-state index in [2.05, 4.69) is 5.32 Å². The van der Waals surface area contributed by atoms with Gasteiger partial charge in [-0.05, 0) is 61.4 Å². The topological polar surface area (TPSA) is 52.7 Å². The van der Waals surface area contributed by atoms with Crippen molar-refractivity contribution in [2.75, 3.05) is 29.2 Å². The number of carbonyl (C=O) groups excluding carboxylic acids is 2. The molecule has 1 heterocycles. The maximum atomic E-state index is 13.6. The molecule has 6 heteroatoms. The van der Waals surface area contributed by atoms with Crippen LogP contribution in [-0.2, 0) is 9.59 Å². The number of hydrogen-bond acceptors (Lipinski definition) is 4. The van der Waals surface area contributed by atoms with E-state index in [1.165, 1.54) is 0 Å². The summed E-state index contributed by atoms with van der Waals surface area (Å²) in [6.45, 7) is 3.93. The Bertz CT molecular complexity index is 1250. The van der Waals surface area contributed by atoms with Gasteiger partial charge in [-0.2, -0.15) is 0 Å². The molecule has 0 bridgehead atoms. The second kappa shape index (κ2) is 8.52. The van der Waals surface area contributed by atoms with Crippen molar-refractivity contribution in [3.05, 3.63) is 94.1 Å². The van der Waals surface area contributed by atoms with E-state index in [0.29, 0.717) is 16.3 Å². The highest BCUT2D eigenvalue weighted by atomic mass is 35.5. The van der Waals surface area contributed by atoms with Crippen LogP contribution in [0.1, 0.15) is 16.7 Å². The van der Waals surface area contributed by atoms with E-state index in [1.807, 2.05) is 75.3 Å². The maximum Gasteiger partial charge on any atom is 0.282 e. The Morgan fingerprint density at radius 1 is 0.875 bits per heavy atom. The molecular weight excluding hydrogens is 422 g/mol. The first kappa shape index (κ1) is 21.7. The second-order valence-corrected chi connectivity index (χ2v) is 8.44. The molecule has 0 aliphatic carbocycles. The Balaban J connectivity index is 1.83. The molecule has 0 radical (unpaired) electrons. The Morgan fingerprint density at radius 3 is 2.19 bits per heavy atom. The molecule has 2 amide bonds. The summed E-state index contributed by atoms with van der Waals surface area (Å²) in [5.74, 6) is -0.836. The summed E-state index contributed by atoms with van der Waals surface area (Å²) in [7, 11) is 3.92. The summed E-state index contributed by atoms with van der Waals surface area (Å²) in [4.78, 5) is 30.3. The molecule has 3 aromatic carbocycles. The van der Waals surface area contributed by atoms with E-state index in [-0.39, 0.29) is 5.70 Å². The summed E-state index contributed by atoms with van der Waals surface area (Å²) >= 11 is 6.35. The van der Waals surface area contributed by atoms with Crippen LogP contribution in [0, 0.1) is 13.8 Å². The lowest BCUT2D eigenvalue weighted by Gasteiger charge is -2.17. The zero-order valence-corrected chi connectivity index (χ0v) is 19.2. The predicted molar refractivity (Wildman–Crippen MR) is 131 cm³/mol. The van der Waals surface area contributed by atoms with E-state index >= 15 is 0 Å². The molecule has 1 aliphatic rings. The van der Waals surface area contributed by atoms with Crippen LogP contribution in [0.25, 0.3) is 5.57 Å². The van der Waals surface area contributed by atoms with Gasteiger partial charge in [-0.25, -0.2) is 4.90 Å². The third-order valence-electron chi connectivity index (χ3n) is 5.48. The number of aryl methyl sites for hydroxylation is 2. The average molecular weight is 446 g/mol. The highest BCUT2D eigenvalue weighted by molar-refractivity contribution is 6.48. The second-order valence-electron chi connectivity index (χ2n) is 8.03. The molecule has 0 atom stereocenters. The quantitative estimate of drug-likeness (QED) is 0.533. The molecule has 1 N–H and O–H groups in total. The van der Waals surface area contributed by atoms with Gasteiger partial charge < -0.3 is 10.2 Å². The van der Waals surface area contributed by atoms with Crippen molar-refractivity contribution >= 4 is 46.1 Å². The molecule has 0 spiro atoms. The van der Waals surface area contributed by atoms with Gasteiger partial charge in [0.05, 0.1) is 16.3 Å². The fraction of sp³-hybridized carbons (Fsp3) is 0.154. The summed E-state index contributed by atoms with van der Waals surface area (Å²) < 4.78 is 0. The number of rotatable bonds is 5. The lowest BCUT2D eigenvalue weighted by molar-refractivity contribution is -0.120. The van der Waals surface area contributed by atoms with E-state index in [0.717, 1.165) is 33.0 Å². The fourth-order valence-electron chi connectivity index (χ4n) is 3.83. The van der Waals surface area contributed by atoms with Gasteiger partial charge in [0.25, 0.3) is 11.8 Å². The van der Waals surface area contributed by atoms with Gasteiger partial charge in [-0.3, -0.25) is 9.59 Å². The summed E-state index contributed by atoms with van der Waals surface area (Å²) in [6.07, 6.45) is 0. The van der Waals surface area contributed by atoms with Gasteiger partial charge in [0.1, 0.15) is 5.70 Å². The van der Waals surface area contributed by atoms with E-state index in [9.17, 15) is 9.59 Å². The molecule has 162 valence electrons. The van der Waals surface area contributed by atoms with Gasteiger partial charge in [0.15, 0.2) is 0 Å². The first-order chi connectivity index (χ1) is 15.3. The smallest absolute Gasteiger partial charge is 0.282 e. The van der Waals surface area contributed by atoms with Gasteiger partial charge in [0, 0.05) is 25.5 Å². The molecule has 0 saturated heterocycles. The van der Waals surface area contributed by atoms with Crippen LogP contribution in [0.15, 0.2) is 72.4 Å². The Kier molecular flexibility index (Phi) is 5.76. The van der Waals surface area contributed by atoms with Crippen LogP contribution in [0.2, 0.25) is 5.02 Å². The number of para-hydroxylation sites is 1. The van der Waals surface area contributed by atoms with Gasteiger partial charge in [0.2, 0.25) is 0 Å². The Hall–Kier alpha value is -3.57. The van der Waals surface area contributed by atoms with Crippen molar-refractivity contribution in [2.24, 2.45) is 0 Å². The highest BCUT2D eigenvalue weighted by Crippen LogP contribution is 2.37. The third kappa shape index (κ3) is 3.87. The van der Waals surface area contributed by atoms with Crippen LogP contribution in [0.5, 0.6) is 0 Å². The normalized spacial score (nSPS) is 13.7. The van der Waals surface area contributed by atoms with Crippen LogP contribution >= 0.6 is 11.6 Å². The monoisotopic (exact) mass is 445 g/mol. The molecule has 0 fully saturated rings. The molecule has 0 unspecified atom stereocenters. The SMILES string of the molecule is Cc1ccc(C2=C(Nc3ccc(N(C)C)cc3)C(=O)N(c3ccccc3Cl)C2=O)c(C)c1. The molecule has 0 saturated carbocycles. The third-order valence-corrected chi connectivity index (χ3v) is 5.80. The summed E-state index contributed by atoms with van der Waals surface area (Å²) in [5.41, 5.74) is 5.41. The first-order valence-corrected chi connectivity index (χ1v) is 10.7. The number of imide groups is 1. The number of carbonyl (C=O) groups is 2. The minimum atomic E-state index is -0.435. The molecule has 1 aliphatic heterocycles. The Morgan fingerprint density at radius 2 is 1.56 bits per heavy atom. The van der Waals surface area contributed by atoms with Gasteiger partial charge in [-0.1, -0.05) is 47.5 Å². The minimum Gasteiger partial charge on any atom is -0.378 e. The van der Waals surface area contributed by atoms with Crippen molar-refractivity contribution in [1.29, 1.82) is 0 Å². The van der Waals surface area contributed by atoms with Gasteiger partial charge >= 0.3 is 0 Å². The van der Waals surface area contributed by atoms with Crippen molar-refractivity contribution in [1.82, 2.24) is 0 Å². The average Bonchev–Trinajstić information content (AvgIpc) is 2.99. The number of benzene rings is 3. The molecular formula is C26H24ClN3O2. The van der Waals surface area contributed by atoms with E-state index < -0.39 is 11.8 Å². The summed E-state index contributed by atoms with van der Waals surface area (Å²) in [6, 6.07) is 20.4. The number of hydrogen-bond donors (Lipinski definition) is 1. The van der Waals surface area contributed by atoms with E-state index in [4.69, 9.17) is 11.6 Å². The Labute approximate surface area is 192 Å². The van der Waals surface area contributed by atoms with Crippen LogP contribution in [-0.4, -0.2) is 25.9 Å². The summed E-state index contributed by atoms with van der Waals surface area (Å²) in [5, 5.41) is 3.54. The largest absolute Gasteiger partial charge is 0.378 e. The standard InChI is InChI=1S/C26H24ClN3O2/c1-16-9-14-20(17(2)15-16)23-24(28-18-10-12-19(13-11-18)29(3)4)26(32)30(25(23)31)22-8-6-5-7-21(22)27/h5-15,28H,1-4H3. The molecule has 0 aromatic heterocycles. The zero-order valence-electron chi connectivity index (χ0n) is 18.4. The molecule has 32 heavy (non-hydrogen) atoms. The lowest BCUT2D eigenvalue weighted by atomic mass is 9.97. The van der Waals surface area contributed by atoms with E-state index in [1.54, 1.807) is 24.3 Å². The number of nitrogens with zero attached hydrogens (tertiary/aromatic N) is 2. The zero-order chi connectivity index (χ0) is 23.0. The van der Waals surface area contributed by atoms with Crippen LogP contribution in [0.4, 0.5) is 17.1 Å².